The number of aromatic nitrogens is 2. The molecule has 0 amide bonds. The van der Waals surface area contributed by atoms with Gasteiger partial charge >= 0.3 is 5.97 Å². The van der Waals surface area contributed by atoms with Gasteiger partial charge in [0.25, 0.3) is 0 Å². The highest BCUT2D eigenvalue weighted by atomic mass is 16.4. The van der Waals surface area contributed by atoms with Gasteiger partial charge in [-0.05, 0) is 25.1 Å². The van der Waals surface area contributed by atoms with Gasteiger partial charge in [-0.2, -0.15) is 5.10 Å². The number of carbonyl (C=O) groups is 1. The lowest BCUT2D eigenvalue weighted by atomic mass is 10.1. The quantitative estimate of drug-likeness (QED) is 0.811. The molecule has 1 aromatic heterocycles. The number of rotatable bonds is 5. The molecule has 1 aromatic carbocycles. The van der Waals surface area contributed by atoms with E-state index in [1.54, 1.807) is 16.8 Å². The Morgan fingerprint density at radius 2 is 2.25 bits per heavy atom. The molecule has 6 heteroatoms. The number of carboxylic acid groups (broad SMARTS) is 1. The molecule has 1 heterocycles. The molecule has 2 aromatic rings. The lowest BCUT2D eigenvalue weighted by Crippen LogP contribution is -2.23. The minimum Gasteiger partial charge on any atom is -0.478 e. The second kappa shape index (κ2) is 5.64. The Morgan fingerprint density at radius 1 is 1.50 bits per heavy atom. The zero-order valence-corrected chi connectivity index (χ0v) is 11.6. The van der Waals surface area contributed by atoms with E-state index in [9.17, 15) is 4.79 Å². The zero-order valence-electron chi connectivity index (χ0n) is 11.6. The summed E-state index contributed by atoms with van der Waals surface area (Å²) in [6.07, 6.45) is 3.76. The molecule has 0 saturated heterocycles. The lowest BCUT2D eigenvalue weighted by molar-refractivity contribution is 0.0697. The number of nitrogen functional groups attached to an aromatic ring is 1. The topological polar surface area (TPSA) is 84.4 Å². The van der Waals surface area contributed by atoms with E-state index in [1.165, 1.54) is 6.07 Å². The Morgan fingerprint density at radius 3 is 2.75 bits per heavy atom. The molecule has 6 nitrogen and oxygen atoms in total. The van der Waals surface area contributed by atoms with Crippen molar-refractivity contribution in [3.05, 3.63) is 41.7 Å². The van der Waals surface area contributed by atoms with Gasteiger partial charge in [0.15, 0.2) is 0 Å². The molecule has 0 bridgehead atoms. The minimum absolute atomic E-state index is 0.198. The van der Waals surface area contributed by atoms with Gasteiger partial charge < -0.3 is 15.7 Å². The van der Waals surface area contributed by atoms with Crippen molar-refractivity contribution in [3.8, 4) is 0 Å². The first-order valence-electron chi connectivity index (χ1n) is 6.36. The average Bonchev–Trinajstić information content (AvgIpc) is 2.81. The average molecular weight is 274 g/mol. The third-order valence-corrected chi connectivity index (χ3v) is 3.13. The molecule has 0 saturated carbocycles. The Bertz CT molecular complexity index is 621. The van der Waals surface area contributed by atoms with E-state index < -0.39 is 5.97 Å². The fourth-order valence-electron chi connectivity index (χ4n) is 2.12. The maximum atomic E-state index is 10.9. The van der Waals surface area contributed by atoms with E-state index in [0.29, 0.717) is 12.2 Å². The summed E-state index contributed by atoms with van der Waals surface area (Å²) < 4.78 is 1.75. The van der Waals surface area contributed by atoms with Crippen LogP contribution in [0.1, 0.15) is 22.8 Å². The van der Waals surface area contributed by atoms with Gasteiger partial charge in [-0.25, -0.2) is 4.79 Å². The third-order valence-electron chi connectivity index (χ3n) is 3.13. The van der Waals surface area contributed by atoms with Gasteiger partial charge in [0.05, 0.1) is 23.1 Å². The van der Waals surface area contributed by atoms with Crippen LogP contribution in [0.25, 0.3) is 0 Å². The second-order valence-electron chi connectivity index (χ2n) is 4.62. The third kappa shape index (κ3) is 2.90. The Balaban J connectivity index is 2.25. The summed E-state index contributed by atoms with van der Waals surface area (Å²) in [7, 11) is 1.87. The van der Waals surface area contributed by atoms with E-state index >= 15 is 0 Å². The van der Waals surface area contributed by atoms with Gasteiger partial charge in [0.2, 0.25) is 0 Å². The van der Waals surface area contributed by atoms with E-state index in [2.05, 4.69) is 10.00 Å². The van der Waals surface area contributed by atoms with E-state index in [0.717, 1.165) is 17.8 Å². The first-order valence-corrected chi connectivity index (χ1v) is 6.36. The van der Waals surface area contributed by atoms with Crippen LogP contribution < -0.4 is 10.6 Å². The summed E-state index contributed by atoms with van der Waals surface area (Å²) in [4.78, 5) is 13.0. The largest absolute Gasteiger partial charge is 0.478 e. The monoisotopic (exact) mass is 274 g/mol. The highest BCUT2D eigenvalue weighted by Crippen LogP contribution is 2.25. The molecule has 3 N–H and O–H groups in total. The zero-order chi connectivity index (χ0) is 14.7. The molecular formula is C14H18N4O2. The maximum Gasteiger partial charge on any atom is 0.335 e. The van der Waals surface area contributed by atoms with Gasteiger partial charge in [-0.3, -0.25) is 4.68 Å². The van der Waals surface area contributed by atoms with Crippen LogP contribution in [-0.4, -0.2) is 27.4 Å². The minimum atomic E-state index is -0.974. The molecule has 0 atom stereocenters. The Labute approximate surface area is 117 Å². The molecule has 2 rings (SSSR count). The first-order chi connectivity index (χ1) is 9.51. The predicted molar refractivity (Wildman–Crippen MR) is 77.7 cm³/mol. The summed E-state index contributed by atoms with van der Waals surface area (Å²) >= 11 is 0. The number of aryl methyl sites for hydroxylation is 1. The standard InChI is InChI=1S/C14H18N4O2/c1-3-18(9-10-7-16-17(2)8-10)13-5-4-11(14(19)20)6-12(13)15/h4-8H,3,9,15H2,1-2H3,(H,19,20). The molecule has 20 heavy (non-hydrogen) atoms. The number of hydrogen-bond acceptors (Lipinski definition) is 4. The Hall–Kier alpha value is -2.50. The molecule has 106 valence electrons. The second-order valence-corrected chi connectivity index (χ2v) is 4.62. The SMILES string of the molecule is CCN(Cc1cnn(C)c1)c1ccc(C(=O)O)cc1N. The molecule has 0 fully saturated rings. The number of aromatic carboxylic acids is 1. The van der Waals surface area contributed by atoms with Crippen LogP contribution in [0.2, 0.25) is 0 Å². The number of benzene rings is 1. The number of nitrogens with two attached hydrogens (primary N) is 1. The fraction of sp³-hybridized carbons (Fsp3) is 0.286. The summed E-state index contributed by atoms with van der Waals surface area (Å²) in [5.41, 5.74) is 8.55. The van der Waals surface area contributed by atoms with E-state index in [4.69, 9.17) is 10.8 Å². The lowest BCUT2D eigenvalue weighted by Gasteiger charge is -2.24. The van der Waals surface area contributed by atoms with Crippen molar-refractivity contribution >= 4 is 17.3 Å². The van der Waals surface area contributed by atoms with Crippen molar-refractivity contribution in [3.63, 3.8) is 0 Å². The van der Waals surface area contributed by atoms with Crippen LogP contribution >= 0.6 is 0 Å². The summed E-state index contributed by atoms with van der Waals surface area (Å²) in [6.45, 7) is 3.48. The fourth-order valence-corrected chi connectivity index (χ4v) is 2.12. The van der Waals surface area contributed by atoms with Crippen molar-refractivity contribution in [2.24, 2.45) is 7.05 Å². The van der Waals surface area contributed by atoms with Crippen LogP contribution in [0.3, 0.4) is 0 Å². The van der Waals surface area contributed by atoms with Crippen molar-refractivity contribution in [2.45, 2.75) is 13.5 Å². The van der Waals surface area contributed by atoms with Crippen molar-refractivity contribution in [1.82, 2.24) is 9.78 Å². The molecule has 0 spiro atoms. The van der Waals surface area contributed by atoms with Crippen molar-refractivity contribution in [2.75, 3.05) is 17.2 Å². The van der Waals surface area contributed by atoms with Crippen LogP contribution in [0, 0.1) is 0 Å². The summed E-state index contributed by atoms with van der Waals surface area (Å²) in [6, 6.07) is 4.81. The molecular weight excluding hydrogens is 256 g/mol. The van der Waals surface area contributed by atoms with Crippen LogP contribution in [0.5, 0.6) is 0 Å². The van der Waals surface area contributed by atoms with Crippen molar-refractivity contribution < 1.29 is 9.90 Å². The number of hydrogen-bond donors (Lipinski definition) is 2. The predicted octanol–water partition coefficient (Wildman–Crippen LogP) is 1.73. The number of anilines is 2. The van der Waals surface area contributed by atoms with Gasteiger partial charge in [0.1, 0.15) is 0 Å². The maximum absolute atomic E-state index is 10.9. The van der Waals surface area contributed by atoms with E-state index in [1.807, 2.05) is 26.4 Å². The molecule has 0 aliphatic rings. The van der Waals surface area contributed by atoms with Crippen molar-refractivity contribution in [1.29, 1.82) is 0 Å². The normalized spacial score (nSPS) is 10.5. The van der Waals surface area contributed by atoms with Crippen LogP contribution in [-0.2, 0) is 13.6 Å². The highest BCUT2D eigenvalue weighted by molar-refractivity contribution is 5.90. The van der Waals surface area contributed by atoms with E-state index in [-0.39, 0.29) is 5.56 Å². The van der Waals surface area contributed by atoms with Crippen LogP contribution in [0.15, 0.2) is 30.6 Å². The number of nitrogens with zero attached hydrogens (tertiary/aromatic N) is 3. The van der Waals surface area contributed by atoms with Gasteiger partial charge in [-0.15, -0.1) is 0 Å². The molecule has 0 radical (unpaired) electrons. The Kier molecular flexibility index (Phi) is 3.93. The molecule has 0 unspecified atom stereocenters. The first kappa shape index (κ1) is 13.9. The summed E-state index contributed by atoms with van der Waals surface area (Å²) in [5.74, 6) is -0.974. The van der Waals surface area contributed by atoms with Gasteiger partial charge in [-0.1, -0.05) is 0 Å². The smallest absolute Gasteiger partial charge is 0.335 e. The summed E-state index contributed by atoms with van der Waals surface area (Å²) in [5, 5.41) is 13.1. The van der Waals surface area contributed by atoms with Crippen LogP contribution in [0.4, 0.5) is 11.4 Å². The number of carboxylic acids is 1. The van der Waals surface area contributed by atoms with Gasteiger partial charge in [0, 0.05) is 31.9 Å². The molecule has 0 aliphatic carbocycles. The molecule has 0 aliphatic heterocycles. The highest BCUT2D eigenvalue weighted by Gasteiger charge is 2.12.